The molecule has 0 saturated carbocycles. The molecule has 0 atom stereocenters. The smallest absolute Gasteiger partial charge is 0.251 e. The van der Waals surface area contributed by atoms with Gasteiger partial charge < -0.3 is 15.0 Å². The second-order valence-corrected chi connectivity index (χ2v) is 6.89. The van der Waals surface area contributed by atoms with Gasteiger partial charge in [0.25, 0.3) is 5.91 Å². The summed E-state index contributed by atoms with van der Waals surface area (Å²) in [6.45, 7) is 0.427. The van der Waals surface area contributed by atoms with Crippen molar-refractivity contribution in [2.24, 2.45) is 0 Å². The minimum atomic E-state index is -0.0975. The molecule has 0 fully saturated rings. The maximum Gasteiger partial charge on any atom is 0.251 e. The number of imidazole rings is 1. The minimum absolute atomic E-state index is 0.0975. The second-order valence-electron chi connectivity index (χ2n) is 6.89. The van der Waals surface area contributed by atoms with Gasteiger partial charge in [0, 0.05) is 24.1 Å². The first-order valence-corrected chi connectivity index (χ1v) is 9.65. The topological polar surface area (TPSA) is 67.0 Å². The molecule has 29 heavy (non-hydrogen) atoms. The fraction of sp³-hybridized carbons (Fsp3) is 0.167. The number of fused-ring (bicyclic) bond motifs is 1. The number of methoxy groups -OCH3 is 1. The van der Waals surface area contributed by atoms with Gasteiger partial charge in [0.1, 0.15) is 11.6 Å². The molecule has 1 aromatic heterocycles. The van der Waals surface area contributed by atoms with Gasteiger partial charge in [-0.3, -0.25) is 4.79 Å². The van der Waals surface area contributed by atoms with E-state index in [0.29, 0.717) is 12.1 Å². The van der Waals surface area contributed by atoms with E-state index in [4.69, 9.17) is 4.74 Å². The standard InChI is InChI=1S/C24H23N3O2/c1-29-22-9-5-2-6-19(22)16-25-24(28)18-13-10-17(11-14-18)12-15-23-26-20-7-3-4-8-21(20)27-23/h2-11,13-14H,12,15-16H2,1H3,(H,25,28)(H,26,27). The largest absolute Gasteiger partial charge is 0.496 e. The van der Waals surface area contributed by atoms with E-state index in [1.807, 2.05) is 72.8 Å². The molecule has 0 aliphatic rings. The molecule has 0 spiro atoms. The van der Waals surface area contributed by atoms with E-state index in [1.165, 1.54) is 5.56 Å². The van der Waals surface area contributed by atoms with E-state index in [-0.39, 0.29) is 5.91 Å². The van der Waals surface area contributed by atoms with Crippen LogP contribution < -0.4 is 10.1 Å². The fourth-order valence-electron chi connectivity index (χ4n) is 3.34. The first-order chi connectivity index (χ1) is 14.2. The van der Waals surface area contributed by atoms with Gasteiger partial charge >= 0.3 is 0 Å². The number of H-pyrrole nitrogens is 1. The Morgan fingerprint density at radius 3 is 2.52 bits per heavy atom. The van der Waals surface area contributed by atoms with Crippen LogP contribution in [-0.4, -0.2) is 23.0 Å². The second kappa shape index (κ2) is 8.61. The Hall–Kier alpha value is -3.60. The number of aromatic nitrogens is 2. The van der Waals surface area contributed by atoms with Crippen LogP contribution in [0.5, 0.6) is 5.75 Å². The summed E-state index contributed by atoms with van der Waals surface area (Å²) in [4.78, 5) is 20.4. The Balaban J connectivity index is 1.34. The lowest BCUT2D eigenvalue weighted by Crippen LogP contribution is -2.23. The lowest BCUT2D eigenvalue weighted by molar-refractivity contribution is 0.0950. The van der Waals surface area contributed by atoms with Crippen LogP contribution in [0.25, 0.3) is 11.0 Å². The number of amides is 1. The zero-order valence-electron chi connectivity index (χ0n) is 16.3. The van der Waals surface area contributed by atoms with Crippen LogP contribution in [0.1, 0.15) is 27.3 Å². The summed E-state index contributed by atoms with van der Waals surface area (Å²) in [6, 6.07) is 23.4. The quantitative estimate of drug-likeness (QED) is 0.499. The highest BCUT2D eigenvalue weighted by Crippen LogP contribution is 2.17. The Labute approximate surface area is 169 Å². The third kappa shape index (κ3) is 4.46. The van der Waals surface area contributed by atoms with Crippen LogP contribution in [0.2, 0.25) is 0 Å². The number of para-hydroxylation sites is 3. The summed E-state index contributed by atoms with van der Waals surface area (Å²) in [5.41, 5.74) is 4.82. The van der Waals surface area contributed by atoms with Crippen molar-refractivity contribution in [3.63, 3.8) is 0 Å². The first kappa shape index (κ1) is 18.7. The highest BCUT2D eigenvalue weighted by Gasteiger charge is 2.08. The molecule has 2 N–H and O–H groups in total. The summed E-state index contributed by atoms with van der Waals surface area (Å²) in [5, 5.41) is 2.95. The molecule has 0 unspecified atom stereocenters. The van der Waals surface area contributed by atoms with E-state index in [1.54, 1.807) is 7.11 Å². The Morgan fingerprint density at radius 1 is 0.966 bits per heavy atom. The van der Waals surface area contributed by atoms with Crippen molar-refractivity contribution in [3.05, 3.63) is 95.3 Å². The third-order valence-corrected chi connectivity index (χ3v) is 4.94. The van der Waals surface area contributed by atoms with E-state index < -0.39 is 0 Å². The van der Waals surface area contributed by atoms with Crippen molar-refractivity contribution in [3.8, 4) is 5.75 Å². The zero-order chi connectivity index (χ0) is 20.1. The molecule has 4 rings (SSSR count). The van der Waals surface area contributed by atoms with Gasteiger partial charge in [-0.15, -0.1) is 0 Å². The molecule has 0 aliphatic carbocycles. The number of nitrogens with zero attached hydrogens (tertiary/aromatic N) is 1. The molecule has 1 heterocycles. The molecule has 3 aromatic carbocycles. The number of nitrogens with one attached hydrogen (secondary N) is 2. The molecular formula is C24H23N3O2. The van der Waals surface area contributed by atoms with Crippen LogP contribution in [0.15, 0.2) is 72.8 Å². The molecule has 0 aliphatic heterocycles. The molecule has 1 amide bonds. The number of hydrogen-bond donors (Lipinski definition) is 2. The monoisotopic (exact) mass is 385 g/mol. The van der Waals surface area contributed by atoms with Gasteiger partial charge in [-0.2, -0.15) is 0 Å². The predicted octanol–water partition coefficient (Wildman–Crippen LogP) is 4.29. The van der Waals surface area contributed by atoms with Crippen molar-refractivity contribution in [1.82, 2.24) is 15.3 Å². The van der Waals surface area contributed by atoms with Crippen molar-refractivity contribution < 1.29 is 9.53 Å². The molecule has 146 valence electrons. The maximum absolute atomic E-state index is 12.4. The van der Waals surface area contributed by atoms with Gasteiger partial charge in [0.2, 0.25) is 0 Å². The van der Waals surface area contributed by atoms with Gasteiger partial charge in [-0.05, 0) is 42.3 Å². The highest BCUT2D eigenvalue weighted by molar-refractivity contribution is 5.94. The average molecular weight is 385 g/mol. The van der Waals surface area contributed by atoms with Crippen LogP contribution in [0, 0.1) is 0 Å². The summed E-state index contributed by atoms with van der Waals surface area (Å²) in [7, 11) is 1.63. The van der Waals surface area contributed by atoms with Crippen molar-refractivity contribution in [1.29, 1.82) is 0 Å². The number of aryl methyl sites for hydroxylation is 2. The number of benzene rings is 3. The van der Waals surface area contributed by atoms with Crippen molar-refractivity contribution >= 4 is 16.9 Å². The van der Waals surface area contributed by atoms with Crippen LogP contribution >= 0.6 is 0 Å². The SMILES string of the molecule is COc1ccccc1CNC(=O)c1ccc(CCc2nc3ccccc3[nH]2)cc1. The Kier molecular flexibility index (Phi) is 5.56. The number of rotatable bonds is 7. The predicted molar refractivity (Wildman–Crippen MR) is 114 cm³/mol. The van der Waals surface area contributed by atoms with Gasteiger partial charge in [0.05, 0.1) is 18.1 Å². The number of ether oxygens (including phenoxy) is 1. The van der Waals surface area contributed by atoms with Gasteiger partial charge in [0.15, 0.2) is 0 Å². The molecule has 0 bridgehead atoms. The van der Waals surface area contributed by atoms with Crippen molar-refractivity contribution in [2.75, 3.05) is 7.11 Å². The van der Waals surface area contributed by atoms with E-state index in [0.717, 1.165) is 41.0 Å². The summed E-state index contributed by atoms with van der Waals surface area (Å²) in [6.07, 6.45) is 1.69. The zero-order valence-corrected chi connectivity index (χ0v) is 16.3. The molecule has 5 nitrogen and oxygen atoms in total. The Morgan fingerprint density at radius 2 is 1.72 bits per heavy atom. The highest BCUT2D eigenvalue weighted by atomic mass is 16.5. The van der Waals surface area contributed by atoms with Gasteiger partial charge in [-0.25, -0.2) is 4.98 Å². The van der Waals surface area contributed by atoms with Crippen LogP contribution in [-0.2, 0) is 19.4 Å². The van der Waals surface area contributed by atoms with Crippen molar-refractivity contribution in [2.45, 2.75) is 19.4 Å². The molecule has 5 heteroatoms. The van der Waals surface area contributed by atoms with Crippen LogP contribution in [0.3, 0.4) is 0 Å². The minimum Gasteiger partial charge on any atom is -0.496 e. The molecule has 0 radical (unpaired) electrons. The molecule has 4 aromatic rings. The normalized spacial score (nSPS) is 10.8. The number of hydrogen-bond acceptors (Lipinski definition) is 3. The Bertz CT molecular complexity index is 1080. The molecular weight excluding hydrogens is 362 g/mol. The first-order valence-electron chi connectivity index (χ1n) is 9.65. The fourth-order valence-corrected chi connectivity index (χ4v) is 3.34. The summed E-state index contributed by atoms with van der Waals surface area (Å²) >= 11 is 0. The summed E-state index contributed by atoms with van der Waals surface area (Å²) in [5.74, 6) is 1.65. The summed E-state index contributed by atoms with van der Waals surface area (Å²) < 4.78 is 5.32. The maximum atomic E-state index is 12.4. The molecule has 0 saturated heterocycles. The number of carbonyl (C=O) groups excluding carboxylic acids is 1. The van der Waals surface area contributed by atoms with Crippen LogP contribution in [0.4, 0.5) is 0 Å². The average Bonchev–Trinajstić information content (AvgIpc) is 3.19. The van der Waals surface area contributed by atoms with E-state index in [9.17, 15) is 4.79 Å². The van der Waals surface area contributed by atoms with Gasteiger partial charge in [-0.1, -0.05) is 42.5 Å². The third-order valence-electron chi connectivity index (χ3n) is 4.94. The number of aromatic amines is 1. The lowest BCUT2D eigenvalue weighted by Gasteiger charge is -2.10. The van der Waals surface area contributed by atoms with E-state index >= 15 is 0 Å². The van der Waals surface area contributed by atoms with E-state index in [2.05, 4.69) is 15.3 Å². The lowest BCUT2D eigenvalue weighted by atomic mass is 10.1. The number of carbonyl (C=O) groups is 1.